The zero-order chi connectivity index (χ0) is 16.2. The van der Waals surface area contributed by atoms with E-state index in [2.05, 4.69) is 15.4 Å². The highest BCUT2D eigenvalue weighted by Gasteiger charge is 2.32. The van der Waals surface area contributed by atoms with Gasteiger partial charge in [-0.05, 0) is 13.0 Å². The van der Waals surface area contributed by atoms with Crippen LogP contribution in [0.5, 0.6) is 5.75 Å². The van der Waals surface area contributed by atoms with Gasteiger partial charge in [-0.25, -0.2) is 0 Å². The fraction of sp³-hybridized carbons (Fsp3) is 0.500. The van der Waals surface area contributed by atoms with E-state index in [0.29, 0.717) is 13.2 Å². The number of benzene rings is 1. The molecule has 0 aliphatic carbocycles. The Morgan fingerprint density at radius 1 is 1.43 bits per heavy atom. The van der Waals surface area contributed by atoms with E-state index in [-0.39, 0.29) is 42.3 Å². The van der Waals surface area contributed by atoms with Crippen molar-refractivity contribution in [2.24, 2.45) is 0 Å². The van der Waals surface area contributed by atoms with Crippen LogP contribution in [0.1, 0.15) is 12.5 Å². The molecule has 0 aromatic heterocycles. The number of halogens is 4. The number of rotatable bonds is 4. The summed E-state index contributed by atoms with van der Waals surface area (Å²) in [5, 5.41) is 5.61. The second-order valence-electron chi connectivity index (χ2n) is 4.88. The number of carbonyl (C=O) groups excluding carboxylic acids is 1. The third-order valence-electron chi connectivity index (χ3n) is 3.25. The number of morpholine rings is 1. The molecule has 1 aliphatic heterocycles. The molecule has 2 rings (SSSR count). The summed E-state index contributed by atoms with van der Waals surface area (Å²) >= 11 is 0. The highest BCUT2D eigenvalue weighted by atomic mass is 35.5. The third kappa shape index (κ3) is 5.89. The van der Waals surface area contributed by atoms with E-state index in [0.717, 1.165) is 0 Å². The molecule has 130 valence electrons. The van der Waals surface area contributed by atoms with Crippen LogP contribution in [0.15, 0.2) is 24.3 Å². The first-order valence-corrected chi connectivity index (χ1v) is 6.83. The van der Waals surface area contributed by atoms with Crippen LogP contribution in [0, 0.1) is 0 Å². The van der Waals surface area contributed by atoms with E-state index in [1.807, 2.05) is 0 Å². The number of hydrogen-bond acceptors (Lipinski definition) is 4. The van der Waals surface area contributed by atoms with Crippen molar-refractivity contribution in [1.82, 2.24) is 10.6 Å². The number of nitrogens with one attached hydrogen (secondary N) is 2. The minimum atomic E-state index is -4.77. The summed E-state index contributed by atoms with van der Waals surface area (Å²) in [5.41, 5.74) is 0.248. The zero-order valence-electron chi connectivity index (χ0n) is 12.4. The molecule has 0 saturated carbocycles. The van der Waals surface area contributed by atoms with Crippen LogP contribution < -0.4 is 15.4 Å². The van der Waals surface area contributed by atoms with Crippen molar-refractivity contribution in [2.45, 2.75) is 32.0 Å². The molecule has 0 unspecified atom stereocenters. The highest BCUT2D eigenvalue weighted by molar-refractivity contribution is 5.85. The predicted octanol–water partition coefficient (Wildman–Crippen LogP) is 2.00. The first-order chi connectivity index (χ1) is 10.4. The van der Waals surface area contributed by atoms with Gasteiger partial charge in [0.05, 0.1) is 12.7 Å². The number of hydrogen-bond donors (Lipinski definition) is 2. The van der Waals surface area contributed by atoms with Gasteiger partial charge in [0.25, 0.3) is 0 Å². The summed E-state index contributed by atoms with van der Waals surface area (Å²) in [4.78, 5) is 12.1. The summed E-state index contributed by atoms with van der Waals surface area (Å²) in [5.74, 6) is -0.648. The van der Waals surface area contributed by atoms with Crippen LogP contribution in [-0.4, -0.2) is 37.6 Å². The molecule has 0 spiro atoms. The van der Waals surface area contributed by atoms with Crippen molar-refractivity contribution in [2.75, 3.05) is 13.2 Å². The molecule has 2 N–H and O–H groups in total. The van der Waals surface area contributed by atoms with Crippen LogP contribution in [0.25, 0.3) is 0 Å². The lowest BCUT2D eigenvalue weighted by atomic mass is 10.1. The van der Waals surface area contributed by atoms with Crippen molar-refractivity contribution in [3.05, 3.63) is 29.8 Å². The first-order valence-electron chi connectivity index (χ1n) is 6.83. The van der Waals surface area contributed by atoms with E-state index in [9.17, 15) is 18.0 Å². The van der Waals surface area contributed by atoms with Crippen molar-refractivity contribution in [3.63, 3.8) is 0 Å². The van der Waals surface area contributed by atoms with E-state index >= 15 is 0 Å². The van der Waals surface area contributed by atoms with E-state index in [1.54, 1.807) is 13.0 Å². The Balaban J connectivity index is 0.00000264. The minimum absolute atomic E-state index is 0. The summed E-state index contributed by atoms with van der Waals surface area (Å²) in [6.45, 7) is 2.77. The molecule has 1 aromatic carbocycles. The quantitative estimate of drug-likeness (QED) is 0.868. The average molecular weight is 355 g/mol. The number of amides is 1. The summed E-state index contributed by atoms with van der Waals surface area (Å²) in [7, 11) is 0. The lowest BCUT2D eigenvalue weighted by molar-refractivity contribution is -0.274. The van der Waals surface area contributed by atoms with Crippen LogP contribution in [0.2, 0.25) is 0 Å². The molecule has 23 heavy (non-hydrogen) atoms. The van der Waals surface area contributed by atoms with Crippen molar-refractivity contribution < 1.29 is 27.4 Å². The fourth-order valence-corrected chi connectivity index (χ4v) is 2.19. The number of ether oxygens (including phenoxy) is 2. The summed E-state index contributed by atoms with van der Waals surface area (Å²) in [6, 6.07) is 5.17. The maximum absolute atomic E-state index is 12.3. The zero-order valence-corrected chi connectivity index (χ0v) is 13.2. The second kappa shape index (κ2) is 8.37. The molecule has 1 aliphatic rings. The monoisotopic (exact) mass is 354 g/mol. The maximum atomic E-state index is 12.3. The van der Waals surface area contributed by atoms with E-state index in [4.69, 9.17) is 4.74 Å². The van der Waals surface area contributed by atoms with Gasteiger partial charge in [-0.3, -0.25) is 4.79 Å². The Morgan fingerprint density at radius 2 is 2.13 bits per heavy atom. The normalized spacial score (nSPS) is 21.2. The van der Waals surface area contributed by atoms with Gasteiger partial charge in [-0.15, -0.1) is 25.6 Å². The Labute approximate surface area is 137 Å². The minimum Gasteiger partial charge on any atom is -0.405 e. The molecular weight excluding hydrogens is 337 g/mol. The topological polar surface area (TPSA) is 59.6 Å². The number of para-hydroxylation sites is 1. The molecule has 0 radical (unpaired) electrons. The standard InChI is InChI=1S/C14H17F3N2O3.ClH/c1-9-12(18-6-7-21-9)13(20)19-8-10-4-2-3-5-11(10)22-14(15,16)17;/h2-5,9,12,18H,6-8H2,1H3,(H,19,20);1H/t9-,12+;/m1./s1. The van der Waals surface area contributed by atoms with Crippen molar-refractivity contribution in [3.8, 4) is 5.75 Å². The van der Waals surface area contributed by atoms with E-state index < -0.39 is 12.4 Å². The summed E-state index contributed by atoms with van der Waals surface area (Å²) in [6.07, 6.45) is -5.07. The van der Waals surface area contributed by atoms with Gasteiger partial charge in [-0.1, -0.05) is 18.2 Å². The largest absolute Gasteiger partial charge is 0.573 e. The molecule has 0 bridgehead atoms. The lowest BCUT2D eigenvalue weighted by Gasteiger charge is -2.29. The molecule has 1 fully saturated rings. The maximum Gasteiger partial charge on any atom is 0.573 e. The number of carbonyl (C=O) groups is 1. The fourth-order valence-electron chi connectivity index (χ4n) is 2.19. The molecule has 5 nitrogen and oxygen atoms in total. The van der Waals surface area contributed by atoms with Gasteiger partial charge in [0, 0.05) is 18.7 Å². The lowest BCUT2D eigenvalue weighted by Crippen LogP contribution is -2.55. The predicted molar refractivity (Wildman–Crippen MR) is 79.4 cm³/mol. The second-order valence-corrected chi connectivity index (χ2v) is 4.88. The van der Waals surface area contributed by atoms with Gasteiger partial charge in [-0.2, -0.15) is 0 Å². The van der Waals surface area contributed by atoms with Crippen molar-refractivity contribution >= 4 is 18.3 Å². The SMILES string of the molecule is C[C@H]1OCCN[C@@H]1C(=O)NCc1ccccc1OC(F)(F)F.Cl. The Morgan fingerprint density at radius 3 is 2.78 bits per heavy atom. The Kier molecular flexibility index (Phi) is 7.11. The van der Waals surface area contributed by atoms with Crippen LogP contribution in [0.3, 0.4) is 0 Å². The van der Waals surface area contributed by atoms with Gasteiger partial charge in [0.15, 0.2) is 0 Å². The summed E-state index contributed by atoms with van der Waals surface area (Å²) < 4.78 is 46.3. The van der Waals surface area contributed by atoms with Gasteiger partial charge >= 0.3 is 6.36 Å². The smallest absolute Gasteiger partial charge is 0.405 e. The molecule has 1 amide bonds. The average Bonchev–Trinajstić information content (AvgIpc) is 2.45. The van der Waals surface area contributed by atoms with E-state index in [1.165, 1.54) is 18.2 Å². The molecular formula is C14H18ClF3N2O3. The first kappa shape index (κ1) is 19.5. The molecule has 2 atom stereocenters. The Bertz CT molecular complexity index is 528. The third-order valence-corrected chi connectivity index (χ3v) is 3.25. The molecule has 9 heteroatoms. The molecule has 1 aromatic rings. The van der Waals surface area contributed by atoms with Gasteiger partial charge in [0.2, 0.25) is 5.91 Å². The van der Waals surface area contributed by atoms with Gasteiger partial charge in [0.1, 0.15) is 11.8 Å². The van der Waals surface area contributed by atoms with Crippen LogP contribution in [0.4, 0.5) is 13.2 Å². The molecule has 1 saturated heterocycles. The number of alkyl halides is 3. The Hall–Kier alpha value is -1.51. The van der Waals surface area contributed by atoms with Crippen molar-refractivity contribution in [1.29, 1.82) is 0 Å². The highest BCUT2D eigenvalue weighted by Crippen LogP contribution is 2.26. The molecule has 1 heterocycles. The van der Waals surface area contributed by atoms with Crippen LogP contribution >= 0.6 is 12.4 Å². The van der Waals surface area contributed by atoms with Gasteiger partial charge < -0.3 is 20.1 Å². The van der Waals surface area contributed by atoms with Crippen LogP contribution in [-0.2, 0) is 16.1 Å².